The molecular formula is C23H26N4O2. The molecule has 0 spiro atoms. The van der Waals surface area contributed by atoms with Crippen molar-refractivity contribution < 1.29 is 9.59 Å². The number of imidazole rings is 1. The van der Waals surface area contributed by atoms with E-state index in [-0.39, 0.29) is 18.4 Å². The largest absolute Gasteiger partial charge is 0.352 e. The summed E-state index contributed by atoms with van der Waals surface area (Å²) < 4.78 is 1.97. The summed E-state index contributed by atoms with van der Waals surface area (Å²) in [6.07, 6.45) is 1.39. The van der Waals surface area contributed by atoms with Crippen LogP contribution in [0.25, 0.3) is 11.0 Å². The summed E-state index contributed by atoms with van der Waals surface area (Å²) in [4.78, 5) is 30.9. The number of benzene rings is 2. The van der Waals surface area contributed by atoms with Gasteiger partial charge >= 0.3 is 0 Å². The highest BCUT2D eigenvalue weighted by atomic mass is 16.2. The number of carbonyl (C=O) groups is 2. The van der Waals surface area contributed by atoms with Gasteiger partial charge in [-0.2, -0.15) is 0 Å². The fourth-order valence-electron chi connectivity index (χ4n) is 3.13. The Morgan fingerprint density at radius 2 is 1.79 bits per heavy atom. The van der Waals surface area contributed by atoms with E-state index in [4.69, 9.17) is 4.98 Å². The molecule has 1 heterocycles. The number of likely N-dealkylation sites (N-methyl/N-ethyl adjacent to an activating group) is 1. The van der Waals surface area contributed by atoms with E-state index in [1.165, 1.54) is 0 Å². The van der Waals surface area contributed by atoms with Crippen molar-refractivity contribution in [1.82, 2.24) is 14.9 Å². The zero-order valence-electron chi connectivity index (χ0n) is 16.9. The molecule has 0 atom stereocenters. The number of amides is 2. The molecule has 0 saturated heterocycles. The number of aryl methyl sites for hydroxylation is 1. The minimum atomic E-state index is -0.141. The minimum absolute atomic E-state index is 0.0174. The smallest absolute Gasteiger partial charge is 0.246 e. The van der Waals surface area contributed by atoms with Crippen LogP contribution in [0.15, 0.2) is 66.7 Å². The minimum Gasteiger partial charge on any atom is -0.352 e. The molecule has 1 aromatic heterocycles. The molecule has 0 bridgehead atoms. The molecule has 3 rings (SSSR count). The maximum atomic E-state index is 12.9. The Kier molecular flexibility index (Phi) is 6.44. The monoisotopic (exact) mass is 390 g/mol. The Morgan fingerprint density at radius 3 is 2.52 bits per heavy atom. The molecule has 1 N–H and O–H groups in total. The predicted molar refractivity (Wildman–Crippen MR) is 116 cm³/mol. The molecule has 6 nitrogen and oxygen atoms in total. The van der Waals surface area contributed by atoms with E-state index in [2.05, 4.69) is 11.9 Å². The van der Waals surface area contributed by atoms with Gasteiger partial charge in [0.2, 0.25) is 11.8 Å². The molecule has 0 aliphatic carbocycles. The maximum Gasteiger partial charge on any atom is 0.246 e. The average Bonchev–Trinajstić information content (AvgIpc) is 3.08. The number of nitrogens with one attached hydrogen (secondary N) is 1. The van der Waals surface area contributed by atoms with E-state index in [9.17, 15) is 9.59 Å². The summed E-state index contributed by atoms with van der Waals surface area (Å²) in [5, 5.41) is 2.84. The van der Waals surface area contributed by atoms with Crippen molar-refractivity contribution in [3.8, 4) is 0 Å². The highest BCUT2D eigenvalue weighted by Gasteiger charge is 2.17. The van der Waals surface area contributed by atoms with E-state index in [0.29, 0.717) is 18.5 Å². The van der Waals surface area contributed by atoms with Crippen LogP contribution >= 0.6 is 0 Å². The van der Waals surface area contributed by atoms with E-state index in [1.807, 2.05) is 59.2 Å². The lowest BCUT2D eigenvalue weighted by atomic mass is 10.2. The Balaban J connectivity index is 1.75. The molecule has 0 unspecified atom stereocenters. The highest BCUT2D eigenvalue weighted by molar-refractivity contribution is 5.93. The zero-order chi connectivity index (χ0) is 20.8. The first-order valence-corrected chi connectivity index (χ1v) is 9.67. The third kappa shape index (κ3) is 4.90. The van der Waals surface area contributed by atoms with Crippen molar-refractivity contribution in [2.24, 2.45) is 0 Å². The van der Waals surface area contributed by atoms with Gasteiger partial charge in [-0.3, -0.25) is 9.59 Å². The van der Waals surface area contributed by atoms with Crippen LogP contribution in [0.1, 0.15) is 19.2 Å². The van der Waals surface area contributed by atoms with E-state index in [0.717, 1.165) is 29.0 Å². The first-order valence-electron chi connectivity index (χ1n) is 9.67. The number of fused-ring (bicyclic) bond motifs is 1. The topological polar surface area (TPSA) is 67.2 Å². The van der Waals surface area contributed by atoms with Crippen LogP contribution in [0.2, 0.25) is 0 Å². The van der Waals surface area contributed by atoms with Gasteiger partial charge in [-0.15, -0.1) is 0 Å². The summed E-state index contributed by atoms with van der Waals surface area (Å²) in [5.41, 5.74) is 3.14. The molecule has 0 saturated carbocycles. The van der Waals surface area contributed by atoms with Gasteiger partial charge in [-0.25, -0.2) is 4.98 Å². The van der Waals surface area contributed by atoms with Gasteiger partial charge in [0.25, 0.3) is 0 Å². The normalized spacial score (nSPS) is 10.7. The number of hydrogen-bond donors (Lipinski definition) is 1. The molecule has 0 fully saturated rings. The second kappa shape index (κ2) is 9.19. The molecule has 3 aromatic rings. The lowest BCUT2D eigenvalue weighted by Crippen LogP contribution is -2.30. The van der Waals surface area contributed by atoms with Crippen molar-refractivity contribution in [1.29, 1.82) is 0 Å². The number of carbonyl (C=O) groups excluding carboxylic acids is 2. The van der Waals surface area contributed by atoms with Gasteiger partial charge < -0.3 is 14.8 Å². The summed E-state index contributed by atoms with van der Waals surface area (Å²) in [6.45, 7) is 6.06. The lowest BCUT2D eigenvalue weighted by molar-refractivity contribution is -0.119. The molecule has 0 radical (unpaired) electrons. The Morgan fingerprint density at radius 1 is 1.10 bits per heavy atom. The van der Waals surface area contributed by atoms with Gasteiger partial charge in [0.1, 0.15) is 12.4 Å². The highest BCUT2D eigenvalue weighted by Crippen LogP contribution is 2.19. The van der Waals surface area contributed by atoms with Crippen LogP contribution in [0, 0.1) is 0 Å². The number of hydrogen-bond acceptors (Lipinski definition) is 3. The van der Waals surface area contributed by atoms with Crippen molar-refractivity contribution >= 4 is 28.5 Å². The fourth-order valence-corrected chi connectivity index (χ4v) is 3.13. The molecule has 29 heavy (non-hydrogen) atoms. The van der Waals surface area contributed by atoms with Gasteiger partial charge in [0.05, 0.1) is 11.0 Å². The Bertz CT molecular complexity index is 1020. The van der Waals surface area contributed by atoms with Gasteiger partial charge in [0, 0.05) is 31.3 Å². The number of nitrogens with zero attached hydrogens (tertiary/aromatic N) is 3. The van der Waals surface area contributed by atoms with E-state index in [1.54, 1.807) is 18.9 Å². The standard InChI is InChI=1S/C23H26N4O2/c1-17(2)23(29)24-15-9-14-21-25-19-12-7-8-13-20(19)27(21)16-22(28)26(3)18-10-5-4-6-11-18/h4-8,10-13H,1,9,14-16H2,2-3H3,(H,24,29). The first kappa shape index (κ1) is 20.3. The quantitative estimate of drug-likeness (QED) is 0.474. The summed E-state index contributed by atoms with van der Waals surface area (Å²) in [7, 11) is 1.78. The number of aromatic nitrogens is 2. The third-order valence-electron chi connectivity index (χ3n) is 4.79. The van der Waals surface area contributed by atoms with Crippen molar-refractivity contribution in [3.63, 3.8) is 0 Å². The van der Waals surface area contributed by atoms with Gasteiger partial charge in [0.15, 0.2) is 0 Å². The van der Waals surface area contributed by atoms with Crippen molar-refractivity contribution in [3.05, 3.63) is 72.6 Å². The van der Waals surface area contributed by atoms with Crippen LogP contribution < -0.4 is 10.2 Å². The average molecular weight is 390 g/mol. The van der Waals surface area contributed by atoms with Crippen LogP contribution in [-0.2, 0) is 22.6 Å². The van der Waals surface area contributed by atoms with Crippen LogP contribution in [0.3, 0.4) is 0 Å². The van der Waals surface area contributed by atoms with Crippen molar-refractivity contribution in [2.75, 3.05) is 18.5 Å². The first-order chi connectivity index (χ1) is 14.0. The van der Waals surface area contributed by atoms with E-state index < -0.39 is 0 Å². The molecular weight excluding hydrogens is 364 g/mol. The summed E-state index contributed by atoms with van der Waals surface area (Å²) in [6, 6.07) is 17.4. The fraction of sp³-hybridized carbons (Fsp3) is 0.261. The summed E-state index contributed by atoms with van der Waals surface area (Å²) >= 11 is 0. The second-order valence-electron chi connectivity index (χ2n) is 7.03. The van der Waals surface area contributed by atoms with Crippen molar-refractivity contribution in [2.45, 2.75) is 26.3 Å². The predicted octanol–water partition coefficient (Wildman–Crippen LogP) is 3.32. The Labute approximate surface area is 170 Å². The molecule has 6 heteroatoms. The molecule has 2 aromatic carbocycles. The van der Waals surface area contributed by atoms with Gasteiger partial charge in [-0.1, -0.05) is 36.9 Å². The number of rotatable bonds is 8. The molecule has 2 amide bonds. The molecule has 150 valence electrons. The zero-order valence-corrected chi connectivity index (χ0v) is 16.9. The molecule has 0 aliphatic rings. The lowest BCUT2D eigenvalue weighted by Gasteiger charge is -2.18. The maximum absolute atomic E-state index is 12.9. The second-order valence-corrected chi connectivity index (χ2v) is 7.03. The number of para-hydroxylation sites is 3. The van der Waals surface area contributed by atoms with Crippen LogP contribution in [0.4, 0.5) is 5.69 Å². The molecule has 0 aliphatic heterocycles. The van der Waals surface area contributed by atoms with Gasteiger partial charge in [-0.05, 0) is 37.6 Å². The van der Waals surface area contributed by atoms with E-state index >= 15 is 0 Å². The SMILES string of the molecule is C=C(C)C(=O)NCCCc1nc2ccccc2n1CC(=O)N(C)c1ccccc1. The number of anilines is 1. The Hall–Kier alpha value is -3.41. The summed E-state index contributed by atoms with van der Waals surface area (Å²) in [5.74, 6) is 0.681. The van der Waals surface area contributed by atoms with Crippen LogP contribution in [0.5, 0.6) is 0 Å². The third-order valence-corrected chi connectivity index (χ3v) is 4.79. The van der Waals surface area contributed by atoms with Crippen LogP contribution in [-0.4, -0.2) is 35.0 Å².